The highest BCUT2D eigenvalue weighted by Crippen LogP contribution is 2.16. The van der Waals surface area contributed by atoms with Gasteiger partial charge in [-0.25, -0.2) is 4.99 Å². The summed E-state index contributed by atoms with van der Waals surface area (Å²) < 4.78 is 0. The van der Waals surface area contributed by atoms with E-state index in [1.807, 2.05) is 11.1 Å². The van der Waals surface area contributed by atoms with E-state index in [2.05, 4.69) is 48.4 Å². The summed E-state index contributed by atoms with van der Waals surface area (Å²) >= 11 is 0. The molecule has 1 N–H and O–H groups in total. The van der Waals surface area contributed by atoms with Gasteiger partial charge in [0, 0.05) is 13.0 Å². The normalized spacial score (nSPS) is 19.7. The van der Waals surface area contributed by atoms with Crippen molar-refractivity contribution in [2.24, 2.45) is 4.99 Å². The number of nitrogens with one attached hydrogen (secondary N) is 1. The smallest absolute Gasteiger partial charge is 0.225 e. The van der Waals surface area contributed by atoms with E-state index < -0.39 is 0 Å². The Kier molecular flexibility index (Phi) is 4.73. The van der Waals surface area contributed by atoms with Crippen molar-refractivity contribution in [1.82, 2.24) is 10.4 Å². The predicted molar refractivity (Wildman–Crippen MR) is 73.4 cm³/mol. The van der Waals surface area contributed by atoms with Crippen molar-refractivity contribution >= 4 is 5.90 Å². The maximum absolute atomic E-state index is 5.72. The fourth-order valence-corrected chi connectivity index (χ4v) is 2.01. The molecule has 2 rings (SSSR count). The second-order valence-corrected chi connectivity index (χ2v) is 4.30. The zero-order chi connectivity index (χ0) is 12.8. The summed E-state index contributed by atoms with van der Waals surface area (Å²) in [6.45, 7) is 6.64. The molecule has 0 saturated heterocycles. The van der Waals surface area contributed by atoms with Gasteiger partial charge in [-0.15, -0.1) is 5.06 Å². The lowest BCUT2D eigenvalue weighted by Gasteiger charge is -2.19. The molecule has 0 amide bonds. The van der Waals surface area contributed by atoms with Gasteiger partial charge in [0.1, 0.15) is 6.17 Å². The van der Waals surface area contributed by atoms with E-state index in [1.54, 1.807) is 0 Å². The lowest BCUT2D eigenvalue weighted by Crippen LogP contribution is -2.32. The fourth-order valence-electron chi connectivity index (χ4n) is 2.01. The molecule has 0 aromatic heterocycles. The number of hydroxylamine groups is 2. The Hall–Kier alpha value is -1.39. The third-order valence-corrected chi connectivity index (χ3v) is 2.95. The Bertz CT molecular complexity index is 391. The molecule has 0 aliphatic carbocycles. The summed E-state index contributed by atoms with van der Waals surface area (Å²) in [5.74, 6) is 0.791. The number of benzene rings is 1. The van der Waals surface area contributed by atoms with Crippen LogP contribution in [0.1, 0.15) is 19.4 Å². The van der Waals surface area contributed by atoms with Crippen LogP contribution in [0, 0.1) is 0 Å². The molecule has 1 atom stereocenters. The molecule has 1 aromatic carbocycles. The molecule has 0 unspecified atom stereocenters. The van der Waals surface area contributed by atoms with Crippen LogP contribution in [0.15, 0.2) is 35.3 Å². The first kappa shape index (κ1) is 13.1. The highest BCUT2D eigenvalue weighted by molar-refractivity contribution is 5.79. The summed E-state index contributed by atoms with van der Waals surface area (Å²) in [4.78, 5) is 10.3. The van der Waals surface area contributed by atoms with Crippen molar-refractivity contribution in [3.63, 3.8) is 0 Å². The molecule has 4 heteroatoms. The van der Waals surface area contributed by atoms with Crippen LogP contribution >= 0.6 is 0 Å². The molecule has 0 spiro atoms. The first-order valence-corrected chi connectivity index (χ1v) is 6.59. The minimum absolute atomic E-state index is 0.103. The van der Waals surface area contributed by atoms with Crippen LogP contribution in [0.3, 0.4) is 0 Å². The second-order valence-electron chi connectivity index (χ2n) is 4.30. The van der Waals surface area contributed by atoms with Crippen LogP contribution in [-0.4, -0.2) is 36.8 Å². The van der Waals surface area contributed by atoms with Crippen LogP contribution < -0.4 is 5.32 Å². The van der Waals surface area contributed by atoms with Gasteiger partial charge < -0.3 is 10.2 Å². The topological polar surface area (TPSA) is 36.9 Å². The molecule has 0 radical (unpaired) electrons. The number of aliphatic imine (C=N–C) groups is 1. The van der Waals surface area contributed by atoms with Gasteiger partial charge >= 0.3 is 0 Å². The summed E-state index contributed by atoms with van der Waals surface area (Å²) in [6, 6.07) is 10.4. The average Bonchev–Trinajstić information content (AvgIpc) is 2.80. The predicted octanol–water partition coefficient (Wildman–Crippen LogP) is 1.83. The van der Waals surface area contributed by atoms with Crippen molar-refractivity contribution in [3.8, 4) is 0 Å². The van der Waals surface area contributed by atoms with Gasteiger partial charge in [-0.1, -0.05) is 37.3 Å². The van der Waals surface area contributed by atoms with Gasteiger partial charge in [0.2, 0.25) is 5.90 Å². The van der Waals surface area contributed by atoms with Crippen molar-refractivity contribution < 1.29 is 4.84 Å². The summed E-state index contributed by atoms with van der Waals surface area (Å²) in [5, 5.41) is 5.18. The maximum Gasteiger partial charge on any atom is 0.225 e. The first-order chi connectivity index (χ1) is 8.83. The van der Waals surface area contributed by atoms with E-state index in [-0.39, 0.29) is 6.17 Å². The highest BCUT2D eigenvalue weighted by Gasteiger charge is 2.26. The van der Waals surface area contributed by atoms with Gasteiger partial charge in [0.05, 0.1) is 6.54 Å². The minimum Gasteiger partial charge on any atom is -0.387 e. The molecule has 4 nitrogen and oxygen atoms in total. The molecule has 1 heterocycles. The Labute approximate surface area is 109 Å². The lowest BCUT2D eigenvalue weighted by molar-refractivity contribution is -0.0792. The van der Waals surface area contributed by atoms with Gasteiger partial charge in [-0.2, -0.15) is 0 Å². The molecular formula is C14H21N3O. The van der Waals surface area contributed by atoms with Crippen molar-refractivity contribution in [3.05, 3.63) is 35.9 Å². The molecule has 1 aliphatic rings. The Morgan fingerprint density at radius 3 is 2.72 bits per heavy atom. The van der Waals surface area contributed by atoms with Crippen LogP contribution in [-0.2, 0) is 11.3 Å². The van der Waals surface area contributed by atoms with Crippen molar-refractivity contribution in [2.45, 2.75) is 26.4 Å². The molecular weight excluding hydrogens is 226 g/mol. The molecule has 18 heavy (non-hydrogen) atoms. The summed E-state index contributed by atoms with van der Waals surface area (Å²) in [5.41, 5.74) is 1.29. The monoisotopic (exact) mass is 247 g/mol. The SMILES string of the molecule is CCNCC1=N[C@@H](Cc2ccccc2)N(CC)O1. The quantitative estimate of drug-likeness (QED) is 0.833. The van der Waals surface area contributed by atoms with Crippen molar-refractivity contribution in [1.29, 1.82) is 0 Å². The number of rotatable bonds is 6. The Morgan fingerprint density at radius 2 is 2.06 bits per heavy atom. The van der Waals surface area contributed by atoms with Crippen LogP contribution in [0.2, 0.25) is 0 Å². The van der Waals surface area contributed by atoms with E-state index >= 15 is 0 Å². The van der Waals surface area contributed by atoms with Gasteiger partial charge in [-0.05, 0) is 19.0 Å². The lowest BCUT2D eigenvalue weighted by atomic mass is 10.1. The molecule has 1 aliphatic heterocycles. The molecule has 0 bridgehead atoms. The van der Waals surface area contributed by atoms with Crippen LogP contribution in [0.4, 0.5) is 0 Å². The zero-order valence-corrected chi connectivity index (χ0v) is 11.1. The van der Waals surface area contributed by atoms with E-state index in [0.29, 0.717) is 6.54 Å². The molecule has 1 aromatic rings. The number of nitrogens with zero attached hydrogens (tertiary/aromatic N) is 2. The van der Waals surface area contributed by atoms with Crippen LogP contribution in [0.25, 0.3) is 0 Å². The second kappa shape index (κ2) is 6.52. The van der Waals surface area contributed by atoms with E-state index in [4.69, 9.17) is 4.84 Å². The van der Waals surface area contributed by atoms with E-state index in [1.165, 1.54) is 5.56 Å². The highest BCUT2D eigenvalue weighted by atomic mass is 16.7. The molecule has 98 valence electrons. The zero-order valence-electron chi connectivity index (χ0n) is 11.1. The Balaban J connectivity index is 1.98. The first-order valence-electron chi connectivity index (χ1n) is 6.59. The van der Waals surface area contributed by atoms with Gasteiger partial charge in [0.25, 0.3) is 0 Å². The average molecular weight is 247 g/mol. The molecule has 0 fully saturated rings. The van der Waals surface area contributed by atoms with Gasteiger partial charge in [0.15, 0.2) is 0 Å². The summed E-state index contributed by atoms with van der Waals surface area (Å²) in [7, 11) is 0. The number of likely N-dealkylation sites (N-methyl/N-ethyl adjacent to an activating group) is 2. The third kappa shape index (κ3) is 3.31. The largest absolute Gasteiger partial charge is 0.387 e. The number of hydrogen-bond acceptors (Lipinski definition) is 4. The van der Waals surface area contributed by atoms with Crippen molar-refractivity contribution in [2.75, 3.05) is 19.6 Å². The third-order valence-electron chi connectivity index (χ3n) is 2.95. The van der Waals surface area contributed by atoms with E-state index in [0.717, 1.165) is 25.4 Å². The number of hydrogen-bond donors (Lipinski definition) is 1. The standard InChI is InChI=1S/C14H21N3O/c1-3-15-11-14-16-13(17(4-2)18-14)10-12-8-6-5-7-9-12/h5-9,13,15H,3-4,10-11H2,1-2H3/t13-/m1/s1. The maximum atomic E-state index is 5.72. The minimum atomic E-state index is 0.103. The van der Waals surface area contributed by atoms with Gasteiger partial charge in [-0.3, -0.25) is 0 Å². The summed E-state index contributed by atoms with van der Waals surface area (Å²) in [6.07, 6.45) is 0.996. The van der Waals surface area contributed by atoms with E-state index in [9.17, 15) is 0 Å². The molecule has 0 saturated carbocycles. The van der Waals surface area contributed by atoms with Crippen LogP contribution in [0.5, 0.6) is 0 Å². The Morgan fingerprint density at radius 1 is 1.28 bits per heavy atom. The fraction of sp³-hybridized carbons (Fsp3) is 0.500.